The fourth-order valence-electron chi connectivity index (χ4n) is 6.19. The second-order valence-corrected chi connectivity index (χ2v) is 14.8. The van der Waals surface area contributed by atoms with Crippen molar-refractivity contribution in [2.24, 2.45) is 4.99 Å². The molecule has 0 aromatic heterocycles. The molecule has 0 unspecified atom stereocenters. The molecular weight excluding hydrogens is 811 g/mol. The number of nitrogens with zero attached hydrogens (tertiary/aromatic N) is 1. The van der Waals surface area contributed by atoms with Gasteiger partial charge in [0, 0.05) is 12.3 Å². The average Bonchev–Trinajstić information content (AvgIpc) is 3.32. The maximum absolute atomic E-state index is 12.9. The molecule has 6 rings (SSSR count). The molecule has 6 aromatic carbocycles. The molecule has 328 valence electrons. The molecule has 11 nitrogen and oxygen atoms in total. The molecule has 0 aliphatic rings. The van der Waals surface area contributed by atoms with Crippen molar-refractivity contribution in [2.45, 2.75) is 65.2 Å². The molecular formula is C53H51NO10. The third-order valence-corrected chi connectivity index (χ3v) is 9.80. The molecule has 64 heavy (non-hydrogen) atoms. The molecule has 0 fully saturated rings. The van der Waals surface area contributed by atoms with Crippen LogP contribution in [0.5, 0.6) is 34.5 Å². The van der Waals surface area contributed by atoms with Gasteiger partial charge in [0.15, 0.2) is 0 Å². The highest BCUT2D eigenvalue weighted by Crippen LogP contribution is 2.24. The van der Waals surface area contributed by atoms with Crippen LogP contribution in [0.1, 0.15) is 112 Å². The number of unbranched alkanes of at least 4 members (excludes halogenated alkanes) is 6. The lowest BCUT2D eigenvalue weighted by atomic mass is 10.2. The number of carbonyl (C=O) groups is 4. The Morgan fingerprint density at radius 2 is 0.766 bits per heavy atom. The minimum atomic E-state index is -0.593. The van der Waals surface area contributed by atoms with E-state index in [1.54, 1.807) is 103 Å². The molecule has 0 spiro atoms. The van der Waals surface area contributed by atoms with Crippen molar-refractivity contribution in [3.8, 4) is 34.5 Å². The van der Waals surface area contributed by atoms with E-state index in [1.807, 2.05) is 0 Å². The van der Waals surface area contributed by atoms with E-state index in [0.717, 1.165) is 37.7 Å². The first kappa shape index (κ1) is 46.0. The van der Waals surface area contributed by atoms with Crippen LogP contribution in [0.4, 0.5) is 5.69 Å². The van der Waals surface area contributed by atoms with Crippen molar-refractivity contribution in [1.82, 2.24) is 0 Å². The van der Waals surface area contributed by atoms with Gasteiger partial charge in [-0.25, -0.2) is 19.2 Å². The van der Waals surface area contributed by atoms with E-state index in [4.69, 9.17) is 28.4 Å². The third kappa shape index (κ3) is 14.5. The lowest BCUT2D eigenvalue weighted by molar-refractivity contribution is 0.0720. The van der Waals surface area contributed by atoms with Gasteiger partial charge in [-0.05, 0) is 152 Å². The van der Waals surface area contributed by atoms with Crippen molar-refractivity contribution in [3.05, 3.63) is 173 Å². The summed E-state index contributed by atoms with van der Waals surface area (Å²) in [6.45, 7) is 5.59. The minimum absolute atomic E-state index is 0.268. The Kier molecular flexibility index (Phi) is 17.4. The van der Waals surface area contributed by atoms with Crippen LogP contribution in [0.15, 0.2) is 151 Å². The summed E-state index contributed by atoms with van der Waals surface area (Å²) in [5.74, 6) is 0.360. The largest absolute Gasteiger partial charge is 0.494 e. The van der Waals surface area contributed by atoms with Gasteiger partial charge in [-0.15, -0.1) is 0 Å². The van der Waals surface area contributed by atoms with Gasteiger partial charge in [-0.2, -0.15) is 0 Å². The highest BCUT2D eigenvalue weighted by atomic mass is 16.5. The van der Waals surface area contributed by atoms with Crippen molar-refractivity contribution in [3.63, 3.8) is 0 Å². The molecule has 0 saturated carbocycles. The van der Waals surface area contributed by atoms with Gasteiger partial charge < -0.3 is 28.4 Å². The summed E-state index contributed by atoms with van der Waals surface area (Å²) < 4.78 is 33.6. The van der Waals surface area contributed by atoms with E-state index in [0.29, 0.717) is 53.0 Å². The molecule has 6 aromatic rings. The number of esters is 4. The smallest absolute Gasteiger partial charge is 0.343 e. The second kappa shape index (κ2) is 24.2. The van der Waals surface area contributed by atoms with Crippen LogP contribution < -0.4 is 28.4 Å². The molecule has 0 aliphatic carbocycles. The van der Waals surface area contributed by atoms with Crippen LogP contribution in [-0.2, 0) is 0 Å². The summed E-state index contributed by atoms with van der Waals surface area (Å²) in [6.07, 6.45) is 10.5. The number of hydrogen-bond acceptors (Lipinski definition) is 11. The van der Waals surface area contributed by atoms with E-state index in [-0.39, 0.29) is 22.6 Å². The van der Waals surface area contributed by atoms with Crippen molar-refractivity contribution in [1.29, 1.82) is 0 Å². The molecule has 0 atom stereocenters. The highest BCUT2D eigenvalue weighted by molar-refractivity contribution is 5.94. The van der Waals surface area contributed by atoms with Crippen LogP contribution >= 0.6 is 0 Å². The van der Waals surface area contributed by atoms with Crippen LogP contribution in [0, 0.1) is 0 Å². The second-order valence-electron chi connectivity index (χ2n) is 14.8. The maximum Gasteiger partial charge on any atom is 0.343 e. The van der Waals surface area contributed by atoms with Gasteiger partial charge in [-0.1, -0.05) is 58.4 Å². The fraction of sp³-hybridized carbons (Fsp3) is 0.226. The van der Waals surface area contributed by atoms with Gasteiger partial charge >= 0.3 is 23.9 Å². The van der Waals surface area contributed by atoms with E-state index >= 15 is 0 Å². The summed E-state index contributed by atoms with van der Waals surface area (Å²) >= 11 is 0. The summed E-state index contributed by atoms with van der Waals surface area (Å²) in [6, 6.07) is 39.3. The van der Waals surface area contributed by atoms with Crippen LogP contribution in [-0.4, -0.2) is 43.3 Å². The number of aliphatic imine (C=N–C) groups is 1. The van der Waals surface area contributed by atoms with Crippen LogP contribution in [0.2, 0.25) is 0 Å². The molecule has 0 heterocycles. The van der Waals surface area contributed by atoms with Crippen molar-refractivity contribution in [2.75, 3.05) is 13.2 Å². The quantitative estimate of drug-likeness (QED) is 0.0281. The SMILES string of the molecule is CCCCCCOc1ccc(C(=O)Oc2ccc(C(=O)Oc3ccc(C=Nc4cccc(OC(=O)c5ccc(OC(=O)c6ccc(OCCCCCC)cc6)cc5)c4)cc3)cc2)cc1. The Morgan fingerprint density at radius 3 is 1.16 bits per heavy atom. The average molecular weight is 862 g/mol. The topological polar surface area (TPSA) is 136 Å². The highest BCUT2D eigenvalue weighted by Gasteiger charge is 2.14. The van der Waals surface area contributed by atoms with E-state index in [9.17, 15) is 19.2 Å². The Labute approximate surface area is 373 Å². The maximum atomic E-state index is 12.9. The van der Waals surface area contributed by atoms with E-state index in [2.05, 4.69) is 18.8 Å². The normalized spacial score (nSPS) is 10.8. The summed E-state index contributed by atoms with van der Waals surface area (Å²) in [5.41, 5.74) is 2.58. The molecule has 11 heteroatoms. The first-order valence-corrected chi connectivity index (χ1v) is 21.5. The zero-order valence-corrected chi connectivity index (χ0v) is 36.0. The molecule has 0 radical (unpaired) electrons. The van der Waals surface area contributed by atoms with E-state index in [1.165, 1.54) is 67.8 Å². The number of rotatable bonds is 22. The predicted octanol–water partition coefficient (Wildman–Crippen LogP) is 12.2. The fourth-order valence-corrected chi connectivity index (χ4v) is 6.19. The van der Waals surface area contributed by atoms with Gasteiger partial charge in [0.05, 0.1) is 41.2 Å². The zero-order chi connectivity index (χ0) is 44.9. The number of carbonyl (C=O) groups excluding carboxylic acids is 4. The Balaban J connectivity index is 0.929. The lowest BCUT2D eigenvalue weighted by Gasteiger charge is -2.08. The summed E-state index contributed by atoms with van der Waals surface area (Å²) in [5, 5.41) is 0. The van der Waals surface area contributed by atoms with Gasteiger partial charge in [0.25, 0.3) is 0 Å². The predicted molar refractivity (Wildman–Crippen MR) is 245 cm³/mol. The monoisotopic (exact) mass is 861 g/mol. The molecule has 0 saturated heterocycles. The van der Waals surface area contributed by atoms with Gasteiger partial charge in [0.2, 0.25) is 0 Å². The third-order valence-electron chi connectivity index (χ3n) is 9.80. The number of ether oxygens (including phenoxy) is 6. The molecule has 0 aliphatic heterocycles. The first-order chi connectivity index (χ1) is 31.3. The van der Waals surface area contributed by atoms with Gasteiger partial charge in [0.1, 0.15) is 34.5 Å². The number of hydrogen-bond donors (Lipinski definition) is 0. The van der Waals surface area contributed by atoms with Crippen molar-refractivity contribution < 1.29 is 47.6 Å². The lowest BCUT2D eigenvalue weighted by Crippen LogP contribution is -2.10. The Bertz CT molecular complexity index is 2460. The molecule has 0 amide bonds. The Morgan fingerprint density at radius 1 is 0.406 bits per heavy atom. The van der Waals surface area contributed by atoms with E-state index < -0.39 is 23.9 Å². The van der Waals surface area contributed by atoms with Gasteiger partial charge in [-0.3, -0.25) is 4.99 Å². The minimum Gasteiger partial charge on any atom is -0.494 e. The van der Waals surface area contributed by atoms with Crippen molar-refractivity contribution >= 4 is 35.8 Å². The van der Waals surface area contributed by atoms with Crippen LogP contribution in [0.25, 0.3) is 0 Å². The summed E-state index contributed by atoms with van der Waals surface area (Å²) in [4.78, 5) is 55.6. The first-order valence-electron chi connectivity index (χ1n) is 21.5. The molecule has 0 bridgehead atoms. The summed E-state index contributed by atoms with van der Waals surface area (Å²) in [7, 11) is 0. The van der Waals surface area contributed by atoms with Crippen LogP contribution in [0.3, 0.4) is 0 Å². The zero-order valence-electron chi connectivity index (χ0n) is 36.0. The Hall–Kier alpha value is -7.53. The number of benzene rings is 6. The molecule has 0 N–H and O–H groups in total. The standard InChI is InChI=1S/C53H51NO10/c1-3-5-7-9-34-59-44-26-16-39(17-27-44)50(55)62-47-30-20-41(21-31-47)52(57)61-46-24-14-38(15-25-46)37-54-43-12-11-13-49(36-43)64-53(58)42-22-32-48(33-23-42)63-51(56)40-18-28-45(29-19-40)60-35-10-8-6-4-2/h11-33,36-37H,3-10,34-35H2,1-2H3.